The number of amides is 2. The predicted molar refractivity (Wildman–Crippen MR) is 200 cm³/mol. The number of nitrogens with one attached hydrogen (secondary N) is 1. The normalized spacial score (nSPS) is 37.4. The predicted octanol–water partition coefficient (Wildman–Crippen LogP) is -3.56. The van der Waals surface area contributed by atoms with Crippen molar-refractivity contribution in [3.05, 3.63) is 28.4 Å². The van der Waals surface area contributed by atoms with Crippen molar-refractivity contribution >= 4 is 64.6 Å². The third-order valence-corrected chi connectivity index (χ3v) is 14.6. The van der Waals surface area contributed by atoms with Crippen LogP contribution < -0.4 is 36.6 Å². The Morgan fingerprint density at radius 3 is 2.13 bits per heavy atom. The van der Waals surface area contributed by atoms with E-state index in [0.29, 0.717) is 5.71 Å². The zero-order valence-corrected chi connectivity index (χ0v) is 35.1. The summed E-state index contributed by atoms with van der Waals surface area (Å²) in [5, 5.41) is 68.6. The summed E-state index contributed by atoms with van der Waals surface area (Å²) in [6.07, 6.45) is -1.91. The summed E-state index contributed by atoms with van der Waals surface area (Å²) < 4.78 is 0. The molecule has 11 atom stereocenters. The third-order valence-electron chi connectivity index (χ3n) is 14.6. The average Bonchev–Trinajstić information content (AvgIpc) is 3.83. The van der Waals surface area contributed by atoms with E-state index in [2.05, 4.69) is 5.32 Å². The van der Waals surface area contributed by atoms with Gasteiger partial charge < -0.3 is 65.9 Å². The van der Waals surface area contributed by atoms with Crippen LogP contribution in [0.25, 0.3) is 5.32 Å². The number of carbonyl (C=O) groups excluding carboxylic acids is 8. The number of nitrogens with zero attached hydrogens (tertiary/aromatic N) is 4. The van der Waals surface area contributed by atoms with Crippen molar-refractivity contribution in [3.63, 3.8) is 0 Å². The van der Waals surface area contributed by atoms with Gasteiger partial charge in [0.1, 0.15) is 5.66 Å². The van der Waals surface area contributed by atoms with Gasteiger partial charge in [0.15, 0.2) is 5.78 Å². The molecule has 7 rings (SSSR count). The van der Waals surface area contributed by atoms with Gasteiger partial charge in [0.05, 0.1) is 12.1 Å². The number of ketones is 1. The standard InChI is InChI=1S/C42H52N6O13.Ni/c1-40(16-30(43)50)22(5-9-33(54)55)27-15-42-41(2,17-31(51)48-42)23(6-10-34(56)57)26(47-42)13-24-20(11-35(58)59)19(4-8-32(52)53)39(45-24)37-28(49)7-3-18-21(12-36(60)61)25(46-38(18)37)14-29(40)44-27;/h13,18-23,25,27H,3-12,14-17H2,1-2H3,(H9,43,45,46,47,48,49,50,51,52,53,54,55,56,57,58,59,60,61);/p-6/t18-,19-,20-,21-,22+,23+,25+,27-,40-,41-,42-;/m0./s1. The maximum absolute atomic E-state index is 14.2. The molecule has 0 aromatic heterocycles. The minimum absolute atomic E-state index is 0. The van der Waals surface area contributed by atoms with Crippen LogP contribution in [0.15, 0.2) is 38.0 Å². The Hall–Kier alpha value is -5.26. The number of carboxylic acid groups (broad SMARTS) is 5. The second-order valence-electron chi connectivity index (χ2n) is 18.2. The van der Waals surface area contributed by atoms with Crippen LogP contribution in [-0.4, -0.2) is 82.3 Å². The Bertz CT molecular complexity index is 2170. The number of hydrogen-bond acceptors (Lipinski definition) is 16. The molecule has 6 heterocycles. The van der Waals surface area contributed by atoms with Gasteiger partial charge in [0, 0.05) is 124 Å². The van der Waals surface area contributed by atoms with Crippen molar-refractivity contribution in [3.8, 4) is 0 Å². The molecule has 2 saturated heterocycles. The van der Waals surface area contributed by atoms with Gasteiger partial charge in [0.2, 0.25) is 11.8 Å². The number of hydrogen-bond donors (Lipinski definition) is 2. The third kappa shape index (κ3) is 8.21. The van der Waals surface area contributed by atoms with Gasteiger partial charge in [-0.3, -0.25) is 29.4 Å². The molecule has 1 spiro atoms. The first-order valence-electron chi connectivity index (χ1n) is 20.7. The van der Waals surface area contributed by atoms with Gasteiger partial charge in [-0.2, -0.15) is 5.70 Å². The first-order valence-corrected chi connectivity index (χ1v) is 20.7. The van der Waals surface area contributed by atoms with Gasteiger partial charge >= 0.3 is 0 Å². The first kappa shape index (κ1) is 46.3. The molecular weight excluding hydrogens is 855 g/mol. The molecule has 6 aliphatic heterocycles. The molecular formula is C42H46N6NiO13-6. The molecule has 3 fully saturated rings. The summed E-state index contributed by atoms with van der Waals surface area (Å²) in [5.74, 6) is -13.7. The molecule has 7 aliphatic rings. The van der Waals surface area contributed by atoms with Crippen molar-refractivity contribution in [2.75, 3.05) is 0 Å². The topological polar surface area (TPSA) is 341 Å². The monoisotopic (exact) mass is 900 g/mol. The van der Waals surface area contributed by atoms with E-state index in [-0.39, 0.29) is 103 Å². The van der Waals surface area contributed by atoms with Gasteiger partial charge in [-0.1, -0.05) is 19.9 Å². The minimum atomic E-state index is -1.53. The van der Waals surface area contributed by atoms with Crippen molar-refractivity contribution in [2.45, 2.75) is 121 Å². The quantitative estimate of drug-likeness (QED) is 0.151. The van der Waals surface area contributed by atoms with Crippen LogP contribution in [-0.2, 0) is 54.8 Å². The Morgan fingerprint density at radius 1 is 0.855 bits per heavy atom. The number of rotatable bonds is 15. The van der Waals surface area contributed by atoms with E-state index in [1.54, 1.807) is 13.8 Å². The van der Waals surface area contributed by atoms with Crippen LogP contribution >= 0.6 is 0 Å². The molecule has 0 aromatic carbocycles. The van der Waals surface area contributed by atoms with E-state index in [4.69, 9.17) is 26.0 Å². The zero-order valence-electron chi connectivity index (χ0n) is 34.1. The summed E-state index contributed by atoms with van der Waals surface area (Å²) in [6.45, 7) is 3.48. The summed E-state index contributed by atoms with van der Waals surface area (Å²) in [5.41, 5.74) is 2.93. The van der Waals surface area contributed by atoms with Crippen LogP contribution in [0.1, 0.15) is 104 Å². The molecule has 3 N–H and O–H groups in total. The van der Waals surface area contributed by atoms with E-state index < -0.39 is 144 Å². The van der Waals surface area contributed by atoms with Crippen LogP contribution in [0.5, 0.6) is 0 Å². The number of fused-ring (bicyclic) bond motifs is 4. The average molecular weight is 902 g/mol. The second-order valence-corrected chi connectivity index (χ2v) is 18.2. The van der Waals surface area contributed by atoms with Gasteiger partial charge in [-0.15, -0.1) is 5.70 Å². The molecule has 20 heteroatoms. The van der Waals surface area contributed by atoms with Gasteiger partial charge in [0.25, 0.3) is 0 Å². The van der Waals surface area contributed by atoms with Crippen molar-refractivity contribution < 1.29 is 80.4 Å². The number of carboxylic acids is 5. The molecule has 8 bridgehead atoms. The van der Waals surface area contributed by atoms with Crippen LogP contribution in [0.4, 0.5) is 0 Å². The number of allylic oxidation sites excluding steroid dienone is 4. The summed E-state index contributed by atoms with van der Waals surface area (Å²) in [7, 11) is 0. The molecule has 1 aliphatic carbocycles. The fourth-order valence-electron chi connectivity index (χ4n) is 11.9. The second kappa shape index (κ2) is 17.1. The van der Waals surface area contributed by atoms with Crippen molar-refractivity contribution in [1.29, 1.82) is 0 Å². The van der Waals surface area contributed by atoms with Crippen LogP contribution in [0.3, 0.4) is 0 Å². The molecule has 0 radical (unpaired) electrons. The fraction of sp³-hybridized carbons (Fsp3) is 0.643. The van der Waals surface area contributed by atoms with Crippen molar-refractivity contribution in [2.24, 2.45) is 67.0 Å². The van der Waals surface area contributed by atoms with E-state index >= 15 is 0 Å². The molecule has 0 aromatic rings. The maximum Gasteiger partial charge on any atom is 0.222 e. The summed E-state index contributed by atoms with van der Waals surface area (Å²) in [6, 6.07) is -1.73. The Balaban J connectivity index is 0.00000641. The fourth-order valence-corrected chi connectivity index (χ4v) is 11.9. The smallest absolute Gasteiger partial charge is 0.222 e. The van der Waals surface area contributed by atoms with E-state index in [9.17, 15) is 63.9 Å². The number of primary amides is 1. The van der Waals surface area contributed by atoms with Gasteiger partial charge in [-0.25, -0.2) is 0 Å². The summed E-state index contributed by atoms with van der Waals surface area (Å²) >= 11 is 0. The molecule has 1 saturated carbocycles. The molecule has 0 unspecified atom stereocenters. The first-order chi connectivity index (χ1) is 28.7. The number of carbonyl (C=O) groups is 8. The SMILES string of the molecule is C[C@@]12CC(=O)N[C@@]13C[C@@H]1N=C(C[C@H]4N=C5/C(=C6\[N-]/C(=C\C(=N3)[C@H]2CCC(=O)[O-])[C@@H](CC(=O)[O-])[C@@H]6CCC(=O)[O-])C(=O)CC[C@H]5[C@@H]4CC(=O)[O-])[C@@](C)(CC(N)=O)[C@@H]1CCC(=O)[O-].[Ni]. The van der Waals surface area contributed by atoms with Gasteiger partial charge in [-0.05, 0) is 81.5 Å². The van der Waals surface area contributed by atoms with E-state index in [1.807, 2.05) is 0 Å². The minimum Gasteiger partial charge on any atom is -0.664 e. The Labute approximate surface area is 366 Å². The van der Waals surface area contributed by atoms with Crippen molar-refractivity contribution in [1.82, 2.24) is 5.32 Å². The number of aliphatic imine (C=N–C) groups is 3. The molecule has 62 heavy (non-hydrogen) atoms. The Morgan fingerprint density at radius 2 is 1.50 bits per heavy atom. The molecule has 19 nitrogen and oxygen atoms in total. The van der Waals surface area contributed by atoms with E-state index in [0.717, 1.165) is 0 Å². The number of aliphatic carboxylic acids is 5. The van der Waals surface area contributed by atoms with E-state index in [1.165, 1.54) is 6.08 Å². The largest absolute Gasteiger partial charge is 0.664 e. The Kier molecular flexibility index (Phi) is 12.8. The summed E-state index contributed by atoms with van der Waals surface area (Å²) in [4.78, 5) is 117. The zero-order chi connectivity index (χ0) is 44.3. The maximum atomic E-state index is 14.2. The van der Waals surface area contributed by atoms with Crippen LogP contribution in [0.2, 0.25) is 0 Å². The van der Waals surface area contributed by atoms with Crippen LogP contribution in [0, 0.1) is 46.3 Å². The number of Topliss-reactive ketones (excluding diaryl/α,β-unsaturated/α-hetero) is 1. The number of nitrogens with two attached hydrogens (primary N) is 1. The molecule has 338 valence electrons. The molecule has 2 amide bonds.